The number of halogens is 1. The summed E-state index contributed by atoms with van der Waals surface area (Å²) < 4.78 is 1.08. The topological polar surface area (TPSA) is 3.24 Å². The molecule has 0 bridgehead atoms. The number of fused-ring (bicyclic) bond motifs is 3. The second-order valence-electron chi connectivity index (χ2n) is 13.1. The third-order valence-electron chi connectivity index (χ3n) is 10.2. The minimum absolute atomic E-state index is 0.494. The van der Waals surface area contributed by atoms with Crippen LogP contribution in [0.2, 0.25) is 0 Å². The molecular weight excluding hydrogens is 682 g/mol. The number of rotatable bonds is 7. The third-order valence-corrected chi connectivity index (χ3v) is 10.7. The summed E-state index contributed by atoms with van der Waals surface area (Å²) >= 11 is 3.63. The molecule has 0 aromatic heterocycles. The average molecular weight is 717 g/mol. The SMILES string of the molecule is Brc1ccc(-c2ccc3c(c2)C(c2ccccc2)(c2ccccc2)c2ccc(N(c4ccccc4)c4ccc(-c5ccccc5)cc4)cc2-3)cc1. The Morgan fingerprint density at radius 1 is 0.333 bits per heavy atom. The van der Waals surface area contributed by atoms with Crippen LogP contribution in [0.4, 0.5) is 17.1 Å². The Hall–Kier alpha value is -5.96. The highest BCUT2D eigenvalue weighted by molar-refractivity contribution is 9.10. The Balaban J connectivity index is 1.27. The number of para-hydroxylation sites is 1. The third kappa shape index (κ3) is 5.40. The van der Waals surface area contributed by atoms with Crippen molar-refractivity contribution in [3.63, 3.8) is 0 Å². The summed E-state index contributed by atoms with van der Waals surface area (Å²) in [6, 6.07) is 75.0. The van der Waals surface area contributed by atoms with Crippen LogP contribution in [-0.4, -0.2) is 0 Å². The van der Waals surface area contributed by atoms with E-state index in [2.05, 4.69) is 227 Å². The smallest absolute Gasteiger partial charge is 0.0713 e. The second kappa shape index (κ2) is 13.1. The summed E-state index contributed by atoms with van der Waals surface area (Å²) in [6.07, 6.45) is 0. The highest BCUT2D eigenvalue weighted by atomic mass is 79.9. The summed E-state index contributed by atoms with van der Waals surface area (Å²) in [5.41, 5.74) is 15.3. The van der Waals surface area contributed by atoms with Crippen LogP contribution in [0.3, 0.4) is 0 Å². The van der Waals surface area contributed by atoms with Crippen LogP contribution in [-0.2, 0) is 5.41 Å². The van der Waals surface area contributed by atoms with Crippen LogP contribution in [0.25, 0.3) is 33.4 Å². The van der Waals surface area contributed by atoms with Crippen molar-refractivity contribution in [3.8, 4) is 33.4 Å². The van der Waals surface area contributed by atoms with Crippen LogP contribution in [0.5, 0.6) is 0 Å². The molecule has 0 saturated heterocycles. The van der Waals surface area contributed by atoms with E-state index in [1.807, 2.05) is 0 Å². The van der Waals surface area contributed by atoms with Gasteiger partial charge in [0.1, 0.15) is 0 Å². The largest absolute Gasteiger partial charge is 0.310 e. The minimum atomic E-state index is -0.494. The molecule has 242 valence electrons. The molecule has 0 aliphatic heterocycles. The fraction of sp³-hybridized carbons (Fsp3) is 0.0204. The maximum atomic E-state index is 3.63. The number of benzene rings is 8. The van der Waals surface area contributed by atoms with E-state index in [0.29, 0.717) is 0 Å². The van der Waals surface area contributed by atoms with Crippen LogP contribution >= 0.6 is 15.9 Å². The Morgan fingerprint density at radius 2 is 0.804 bits per heavy atom. The lowest BCUT2D eigenvalue weighted by Crippen LogP contribution is -2.28. The van der Waals surface area contributed by atoms with Gasteiger partial charge in [0, 0.05) is 21.5 Å². The van der Waals surface area contributed by atoms with Crippen LogP contribution in [0.15, 0.2) is 211 Å². The van der Waals surface area contributed by atoms with Crippen molar-refractivity contribution in [3.05, 3.63) is 233 Å². The molecule has 0 fully saturated rings. The first-order chi connectivity index (χ1) is 25.2. The molecule has 9 rings (SSSR count). The van der Waals surface area contributed by atoms with Crippen molar-refractivity contribution in [2.24, 2.45) is 0 Å². The number of hydrogen-bond donors (Lipinski definition) is 0. The molecular formula is C49H34BrN. The van der Waals surface area contributed by atoms with Crippen LogP contribution in [0.1, 0.15) is 22.3 Å². The predicted octanol–water partition coefficient (Wildman–Crippen LogP) is 13.6. The van der Waals surface area contributed by atoms with Gasteiger partial charge in [0.25, 0.3) is 0 Å². The zero-order valence-corrected chi connectivity index (χ0v) is 29.5. The van der Waals surface area contributed by atoms with Gasteiger partial charge < -0.3 is 4.90 Å². The quantitative estimate of drug-likeness (QED) is 0.159. The first-order valence-corrected chi connectivity index (χ1v) is 18.2. The van der Waals surface area contributed by atoms with Crippen molar-refractivity contribution in [1.82, 2.24) is 0 Å². The van der Waals surface area contributed by atoms with E-state index < -0.39 is 5.41 Å². The van der Waals surface area contributed by atoms with Gasteiger partial charge in [-0.2, -0.15) is 0 Å². The van der Waals surface area contributed by atoms with E-state index in [9.17, 15) is 0 Å². The molecule has 0 heterocycles. The molecule has 2 heteroatoms. The molecule has 0 saturated carbocycles. The van der Waals surface area contributed by atoms with Gasteiger partial charge in [0.15, 0.2) is 0 Å². The fourth-order valence-electron chi connectivity index (χ4n) is 7.90. The van der Waals surface area contributed by atoms with E-state index in [4.69, 9.17) is 0 Å². The molecule has 1 nitrogen and oxygen atoms in total. The predicted molar refractivity (Wildman–Crippen MR) is 217 cm³/mol. The molecule has 0 N–H and O–H groups in total. The van der Waals surface area contributed by atoms with E-state index in [-0.39, 0.29) is 0 Å². The summed E-state index contributed by atoms with van der Waals surface area (Å²) in [6.45, 7) is 0. The van der Waals surface area contributed by atoms with E-state index in [1.165, 1.54) is 55.6 Å². The standard InChI is InChI=1S/C49H34BrN/c50-41-26-21-37(22-27-41)38-25-31-45-46-34-44(51(42-19-11-4-12-20-42)43-28-23-36(24-29-43)35-13-5-1-6-14-35)30-32-47(46)49(48(45)33-38,39-15-7-2-8-16-39)40-17-9-3-10-18-40/h1-34H. The van der Waals surface area contributed by atoms with Gasteiger partial charge in [0.05, 0.1) is 5.41 Å². The van der Waals surface area contributed by atoms with Gasteiger partial charge in [-0.1, -0.05) is 168 Å². The Bertz CT molecular complexity index is 2400. The lowest BCUT2D eigenvalue weighted by molar-refractivity contribution is 0.769. The Morgan fingerprint density at radius 3 is 1.43 bits per heavy atom. The van der Waals surface area contributed by atoms with Crippen LogP contribution < -0.4 is 4.90 Å². The number of anilines is 3. The number of hydrogen-bond acceptors (Lipinski definition) is 1. The lowest BCUT2D eigenvalue weighted by Gasteiger charge is -2.34. The first kappa shape index (κ1) is 31.1. The zero-order valence-electron chi connectivity index (χ0n) is 28.0. The first-order valence-electron chi connectivity index (χ1n) is 17.4. The lowest BCUT2D eigenvalue weighted by atomic mass is 9.67. The van der Waals surface area contributed by atoms with Crippen molar-refractivity contribution in [1.29, 1.82) is 0 Å². The summed E-state index contributed by atoms with van der Waals surface area (Å²) in [7, 11) is 0. The Kier molecular flexibility index (Phi) is 7.95. The summed E-state index contributed by atoms with van der Waals surface area (Å²) in [5, 5.41) is 0. The molecule has 0 spiro atoms. The van der Waals surface area contributed by atoms with E-state index in [0.717, 1.165) is 21.5 Å². The van der Waals surface area contributed by atoms with Crippen molar-refractivity contribution < 1.29 is 0 Å². The second-order valence-corrected chi connectivity index (χ2v) is 14.0. The highest BCUT2D eigenvalue weighted by Gasteiger charge is 2.46. The minimum Gasteiger partial charge on any atom is -0.310 e. The van der Waals surface area contributed by atoms with Gasteiger partial charge in [0.2, 0.25) is 0 Å². The molecule has 1 aliphatic rings. The van der Waals surface area contributed by atoms with Crippen LogP contribution in [0, 0.1) is 0 Å². The molecule has 0 unspecified atom stereocenters. The molecule has 0 radical (unpaired) electrons. The van der Waals surface area contributed by atoms with E-state index >= 15 is 0 Å². The van der Waals surface area contributed by atoms with Crippen molar-refractivity contribution in [2.75, 3.05) is 4.90 Å². The van der Waals surface area contributed by atoms with Gasteiger partial charge >= 0.3 is 0 Å². The van der Waals surface area contributed by atoms with Gasteiger partial charge in [-0.3, -0.25) is 0 Å². The highest BCUT2D eigenvalue weighted by Crippen LogP contribution is 2.57. The van der Waals surface area contributed by atoms with Crippen molar-refractivity contribution >= 4 is 33.0 Å². The molecule has 8 aromatic carbocycles. The van der Waals surface area contributed by atoms with Gasteiger partial charge in [-0.05, 0) is 110 Å². The monoisotopic (exact) mass is 715 g/mol. The fourth-order valence-corrected chi connectivity index (χ4v) is 8.16. The normalized spacial score (nSPS) is 12.6. The maximum absolute atomic E-state index is 3.63. The average Bonchev–Trinajstić information content (AvgIpc) is 3.50. The molecule has 51 heavy (non-hydrogen) atoms. The van der Waals surface area contributed by atoms with Crippen molar-refractivity contribution in [2.45, 2.75) is 5.41 Å². The molecule has 0 atom stereocenters. The zero-order chi connectivity index (χ0) is 34.2. The summed E-state index contributed by atoms with van der Waals surface area (Å²) in [4.78, 5) is 2.37. The van der Waals surface area contributed by atoms with Gasteiger partial charge in [-0.15, -0.1) is 0 Å². The molecule has 1 aliphatic carbocycles. The maximum Gasteiger partial charge on any atom is 0.0713 e. The number of nitrogens with zero attached hydrogens (tertiary/aromatic N) is 1. The molecule has 8 aromatic rings. The van der Waals surface area contributed by atoms with E-state index in [1.54, 1.807) is 0 Å². The summed E-state index contributed by atoms with van der Waals surface area (Å²) in [5.74, 6) is 0. The Labute approximate surface area is 308 Å². The molecule has 0 amide bonds. The van der Waals surface area contributed by atoms with Gasteiger partial charge in [-0.25, -0.2) is 0 Å².